The Labute approximate surface area is 116 Å². The number of hydrogen-bond acceptors (Lipinski definition) is 3. The van der Waals surface area contributed by atoms with Gasteiger partial charge in [-0.3, -0.25) is 4.98 Å². The monoisotopic (exact) mass is 317 g/mol. The standard InChI is InChI=1S/C13H8BrN3O2/c14-9-4-10-11(8-2-1-3-15-5-8)7-17(13(18)19)12(10)16-6-9/h1-7H,(H,18,19). The second kappa shape index (κ2) is 4.47. The summed E-state index contributed by atoms with van der Waals surface area (Å²) in [5.41, 5.74) is 2.06. The second-order valence-electron chi connectivity index (χ2n) is 3.96. The molecule has 0 aliphatic carbocycles. The number of carboxylic acid groups (broad SMARTS) is 1. The molecule has 94 valence electrons. The summed E-state index contributed by atoms with van der Waals surface area (Å²) >= 11 is 3.35. The lowest BCUT2D eigenvalue weighted by Gasteiger charge is -1.98. The van der Waals surface area contributed by atoms with E-state index in [1.54, 1.807) is 24.8 Å². The van der Waals surface area contributed by atoms with Crippen molar-refractivity contribution in [1.82, 2.24) is 14.5 Å². The fourth-order valence-electron chi connectivity index (χ4n) is 1.98. The molecule has 0 spiro atoms. The SMILES string of the molecule is O=C(O)n1cc(-c2cccnc2)c2cc(Br)cnc21. The summed E-state index contributed by atoms with van der Waals surface area (Å²) in [5.74, 6) is 0. The molecular weight excluding hydrogens is 310 g/mol. The lowest BCUT2D eigenvalue weighted by Crippen LogP contribution is -2.06. The van der Waals surface area contributed by atoms with E-state index in [1.807, 2.05) is 18.2 Å². The summed E-state index contributed by atoms with van der Waals surface area (Å²) < 4.78 is 1.91. The van der Waals surface area contributed by atoms with Crippen LogP contribution in [0.3, 0.4) is 0 Å². The Bertz CT molecular complexity index is 768. The molecular formula is C13H8BrN3O2. The largest absolute Gasteiger partial charge is 0.464 e. The van der Waals surface area contributed by atoms with Gasteiger partial charge in [0.15, 0.2) is 0 Å². The summed E-state index contributed by atoms with van der Waals surface area (Å²) in [7, 11) is 0. The maximum absolute atomic E-state index is 11.2. The van der Waals surface area contributed by atoms with Crippen LogP contribution in [0.2, 0.25) is 0 Å². The first kappa shape index (κ1) is 11.9. The molecule has 1 N–H and O–H groups in total. The number of aromatic nitrogens is 3. The van der Waals surface area contributed by atoms with Crippen molar-refractivity contribution in [3.05, 3.63) is 47.5 Å². The highest BCUT2D eigenvalue weighted by Crippen LogP contribution is 2.30. The Kier molecular flexibility index (Phi) is 2.79. The van der Waals surface area contributed by atoms with Crippen molar-refractivity contribution < 1.29 is 9.90 Å². The van der Waals surface area contributed by atoms with Gasteiger partial charge in [-0.15, -0.1) is 0 Å². The zero-order chi connectivity index (χ0) is 13.4. The second-order valence-corrected chi connectivity index (χ2v) is 4.88. The van der Waals surface area contributed by atoms with Gasteiger partial charge in [0, 0.05) is 45.8 Å². The molecule has 19 heavy (non-hydrogen) atoms. The molecule has 0 saturated heterocycles. The predicted molar refractivity (Wildman–Crippen MR) is 74.1 cm³/mol. The molecule has 0 unspecified atom stereocenters. The molecule has 3 aromatic rings. The van der Waals surface area contributed by atoms with Crippen LogP contribution in [0.4, 0.5) is 4.79 Å². The number of halogens is 1. The van der Waals surface area contributed by atoms with Crippen molar-refractivity contribution in [3.8, 4) is 11.1 Å². The van der Waals surface area contributed by atoms with Gasteiger partial charge in [0.25, 0.3) is 0 Å². The molecule has 0 atom stereocenters. The number of carbonyl (C=O) groups is 1. The van der Waals surface area contributed by atoms with Gasteiger partial charge >= 0.3 is 6.09 Å². The van der Waals surface area contributed by atoms with E-state index in [9.17, 15) is 9.90 Å². The fraction of sp³-hybridized carbons (Fsp3) is 0. The third kappa shape index (κ3) is 2.00. The van der Waals surface area contributed by atoms with Crippen LogP contribution in [0.15, 0.2) is 47.5 Å². The molecule has 0 aliphatic heterocycles. The van der Waals surface area contributed by atoms with Crippen LogP contribution in [-0.2, 0) is 0 Å². The van der Waals surface area contributed by atoms with E-state index in [0.717, 1.165) is 25.6 Å². The molecule has 0 bridgehead atoms. The summed E-state index contributed by atoms with van der Waals surface area (Å²) in [6.07, 6.45) is 5.45. The van der Waals surface area contributed by atoms with Gasteiger partial charge in [-0.2, -0.15) is 0 Å². The Morgan fingerprint density at radius 3 is 2.89 bits per heavy atom. The van der Waals surface area contributed by atoms with Crippen molar-refractivity contribution in [2.45, 2.75) is 0 Å². The fourth-order valence-corrected chi connectivity index (χ4v) is 2.31. The van der Waals surface area contributed by atoms with Crippen molar-refractivity contribution in [2.75, 3.05) is 0 Å². The average Bonchev–Trinajstić information content (AvgIpc) is 2.78. The highest BCUT2D eigenvalue weighted by molar-refractivity contribution is 9.10. The number of fused-ring (bicyclic) bond motifs is 1. The molecule has 3 rings (SSSR count). The highest BCUT2D eigenvalue weighted by Gasteiger charge is 2.15. The van der Waals surface area contributed by atoms with E-state index in [-0.39, 0.29) is 0 Å². The molecule has 5 nitrogen and oxygen atoms in total. The van der Waals surface area contributed by atoms with E-state index >= 15 is 0 Å². The first-order valence-electron chi connectivity index (χ1n) is 5.47. The number of nitrogens with zero attached hydrogens (tertiary/aromatic N) is 3. The normalized spacial score (nSPS) is 10.8. The summed E-state index contributed by atoms with van der Waals surface area (Å²) in [4.78, 5) is 19.5. The van der Waals surface area contributed by atoms with Gasteiger partial charge in [-0.25, -0.2) is 14.3 Å². The van der Waals surface area contributed by atoms with Crippen LogP contribution in [-0.4, -0.2) is 25.7 Å². The molecule has 0 aliphatic rings. The van der Waals surface area contributed by atoms with E-state index < -0.39 is 6.09 Å². The lowest BCUT2D eigenvalue weighted by atomic mass is 10.1. The number of rotatable bonds is 1. The molecule has 6 heteroatoms. The quantitative estimate of drug-likeness (QED) is 0.747. The van der Waals surface area contributed by atoms with Crippen molar-refractivity contribution in [3.63, 3.8) is 0 Å². The van der Waals surface area contributed by atoms with Crippen LogP contribution in [0, 0.1) is 0 Å². The van der Waals surface area contributed by atoms with Gasteiger partial charge in [-0.05, 0) is 28.1 Å². The number of hydrogen-bond donors (Lipinski definition) is 1. The van der Waals surface area contributed by atoms with E-state index in [2.05, 4.69) is 25.9 Å². The van der Waals surface area contributed by atoms with Gasteiger partial charge in [-0.1, -0.05) is 6.07 Å². The highest BCUT2D eigenvalue weighted by atomic mass is 79.9. The molecule has 3 aromatic heterocycles. The molecule has 0 aromatic carbocycles. The smallest absolute Gasteiger partial charge is 0.417 e. The molecule has 0 saturated carbocycles. The Morgan fingerprint density at radius 2 is 2.21 bits per heavy atom. The Balaban J connectivity index is 2.36. The first-order chi connectivity index (χ1) is 9.16. The maximum Gasteiger partial charge on any atom is 0.417 e. The third-order valence-corrected chi connectivity index (χ3v) is 3.22. The Hall–Kier alpha value is -2.21. The van der Waals surface area contributed by atoms with E-state index in [1.165, 1.54) is 0 Å². The predicted octanol–water partition coefficient (Wildman–Crippen LogP) is 3.39. The van der Waals surface area contributed by atoms with Crippen molar-refractivity contribution in [1.29, 1.82) is 0 Å². The maximum atomic E-state index is 11.2. The molecule has 0 radical (unpaired) electrons. The van der Waals surface area contributed by atoms with Crippen molar-refractivity contribution in [2.24, 2.45) is 0 Å². The molecule has 0 fully saturated rings. The third-order valence-electron chi connectivity index (χ3n) is 2.79. The summed E-state index contributed by atoms with van der Waals surface area (Å²) in [5, 5.41) is 9.98. The van der Waals surface area contributed by atoms with Gasteiger partial charge in [0.1, 0.15) is 5.65 Å². The van der Waals surface area contributed by atoms with Crippen LogP contribution in [0.5, 0.6) is 0 Å². The first-order valence-corrected chi connectivity index (χ1v) is 6.26. The summed E-state index contributed by atoms with van der Waals surface area (Å²) in [6.45, 7) is 0. The van der Waals surface area contributed by atoms with Crippen LogP contribution < -0.4 is 0 Å². The summed E-state index contributed by atoms with van der Waals surface area (Å²) in [6, 6.07) is 5.55. The lowest BCUT2D eigenvalue weighted by molar-refractivity contribution is 0.197. The van der Waals surface area contributed by atoms with E-state index in [4.69, 9.17) is 0 Å². The van der Waals surface area contributed by atoms with Crippen LogP contribution in [0.1, 0.15) is 0 Å². The zero-order valence-corrected chi connectivity index (χ0v) is 11.2. The average molecular weight is 318 g/mol. The van der Waals surface area contributed by atoms with Gasteiger partial charge in [0.2, 0.25) is 0 Å². The van der Waals surface area contributed by atoms with Crippen molar-refractivity contribution >= 4 is 33.1 Å². The van der Waals surface area contributed by atoms with Crippen LogP contribution in [0.25, 0.3) is 22.2 Å². The Morgan fingerprint density at radius 1 is 1.37 bits per heavy atom. The van der Waals surface area contributed by atoms with Gasteiger partial charge in [0.05, 0.1) is 0 Å². The van der Waals surface area contributed by atoms with Crippen LogP contribution >= 0.6 is 15.9 Å². The van der Waals surface area contributed by atoms with E-state index in [0.29, 0.717) is 5.65 Å². The number of pyridine rings is 2. The minimum Gasteiger partial charge on any atom is -0.464 e. The molecule has 0 amide bonds. The zero-order valence-electron chi connectivity index (χ0n) is 9.62. The molecule has 3 heterocycles. The minimum atomic E-state index is -1.06. The topological polar surface area (TPSA) is 68.0 Å². The minimum absolute atomic E-state index is 0.412. The van der Waals surface area contributed by atoms with Gasteiger partial charge < -0.3 is 5.11 Å².